The highest BCUT2D eigenvalue weighted by Crippen LogP contribution is 2.32. The van der Waals surface area contributed by atoms with Crippen LogP contribution in [0.25, 0.3) is 0 Å². The van der Waals surface area contributed by atoms with Crippen LogP contribution in [0, 0.1) is 0 Å². The van der Waals surface area contributed by atoms with Gasteiger partial charge in [-0.2, -0.15) is 13.2 Å². The second-order valence-corrected chi connectivity index (χ2v) is 5.68. The standard InChI is InChI=1S/C13H17ClF3N3/c1-8(2)20-4-3-10(7-20)19-12-11(14)5-9(6-18-12)13(15,16)17/h5-6,8,10H,3-4,7H2,1-2H3,(H,18,19)/t10-/m1/s1. The average Bonchev–Trinajstić information content (AvgIpc) is 2.79. The molecule has 3 nitrogen and oxygen atoms in total. The van der Waals surface area contributed by atoms with Gasteiger partial charge in [0, 0.05) is 31.4 Å². The SMILES string of the molecule is CC(C)N1CC[C@@H](Nc2ncc(C(F)(F)F)cc2Cl)C1. The van der Waals surface area contributed by atoms with Gasteiger partial charge in [0.05, 0.1) is 10.6 Å². The van der Waals surface area contributed by atoms with Gasteiger partial charge in [0.1, 0.15) is 5.82 Å². The highest BCUT2D eigenvalue weighted by molar-refractivity contribution is 6.33. The van der Waals surface area contributed by atoms with E-state index in [0.717, 1.165) is 31.8 Å². The quantitative estimate of drug-likeness (QED) is 0.924. The normalized spacial score (nSPS) is 20.6. The predicted octanol–water partition coefficient (Wildman–Crippen LogP) is 3.65. The molecule has 1 aromatic rings. The van der Waals surface area contributed by atoms with E-state index in [4.69, 9.17) is 11.6 Å². The minimum atomic E-state index is -4.42. The number of likely N-dealkylation sites (tertiary alicyclic amines) is 1. The first-order chi connectivity index (χ1) is 9.27. The first kappa shape index (κ1) is 15.4. The summed E-state index contributed by atoms with van der Waals surface area (Å²) in [5.74, 6) is 0.315. The number of pyridine rings is 1. The van der Waals surface area contributed by atoms with Crippen LogP contribution in [0.15, 0.2) is 12.3 Å². The molecule has 1 atom stereocenters. The van der Waals surface area contributed by atoms with Gasteiger partial charge < -0.3 is 5.32 Å². The molecule has 0 radical (unpaired) electrons. The topological polar surface area (TPSA) is 28.2 Å². The zero-order chi connectivity index (χ0) is 14.9. The average molecular weight is 308 g/mol. The van der Waals surface area contributed by atoms with Crippen molar-refractivity contribution < 1.29 is 13.2 Å². The van der Waals surface area contributed by atoms with Crippen molar-refractivity contribution in [2.45, 2.75) is 38.5 Å². The van der Waals surface area contributed by atoms with Crippen molar-refractivity contribution >= 4 is 17.4 Å². The summed E-state index contributed by atoms with van der Waals surface area (Å²) >= 11 is 5.87. The van der Waals surface area contributed by atoms with E-state index in [2.05, 4.69) is 29.0 Å². The van der Waals surface area contributed by atoms with Crippen LogP contribution >= 0.6 is 11.6 Å². The molecule has 0 unspecified atom stereocenters. The molecule has 20 heavy (non-hydrogen) atoms. The van der Waals surface area contributed by atoms with Gasteiger partial charge >= 0.3 is 6.18 Å². The number of hydrogen-bond donors (Lipinski definition) is 1. The fourth-order valence-electron chi connectivity index (χ4n) is 2.27. The molecule has 0 spiro atoms. The molecule has 1 aliphatic rings. The lowest BCUT2D eigenvalue weighted by Crippen LogP contribution is -2.31. The van der Waals surface area contributed by atoms with Crippen LogP contribution in [0.4, 0.5) is 19.0 Å². The van der Waals surface area contributed by atoms with Crippen LogP contribution in [0.5, 0.6) is 0 Å². The van der Waals surface area contributed by atoms with E-state index in [9.17, 15) is 13.2 Å². The highest BCUT2D eigenvalue weighted by Gasteiger charge is 2.32. The van der Waals surface area contributed by atoms with E-state index in [-0.39, 0.29) is 11.1 Å². The Morgan fingerprint density at radius 3 is 2.65 bits per heavy atom. The maximum atomic E-state index is 12.5. The van der Waals surface area contributed by atoms with Gasteiger partial charge in [-0.3, -0.25) is 4.90 Å². The Balaban J connectivity index is 2.04. The molecule has 1 saturated heterocycles. The van der Waals surface area contributed by atoms with Crippen molar-refractivity contribution in [2.75, 3.05) is 18.4 Å². The zero-order valence-electron chi connectivity index (χ0n) is 11.3. The second-order valence-electron chi connectivity index (χ2n) is 5.27. The van der Waals surface area contributed by atoms with Gasteiger partial charge in [-0.25, -0.2) is 4.98 Å². The highest BCUT2D eigenvalue weighted by atomic mass is 35.5. The first-order valence-electron chi connectivity index (χ1n) is 6.50. The second kappa shape index (κ2) is 5.77. The van der Waals surface area contributed by atoms with Gasteiger partial charge in [-0.1, -0.05) is 11.6 Å². The lowest BCUT2D eigenvalue weighted by molar-refractivity contribution is -0.137. The molecule has 112 valence electrons. The van der Waals surface area contributed by atoms with E-state index in [0.29, 0.717) is 11.9 Å². The lowest BCUT2D eigenvalue weighted by atomic mass is 10.2. The third-order valence-corrected chi connectivity index (χ3v) is 3.75. The Morgan fingerprint density at radius 1 is 1.45 bits per heavy atom. The Hall–Kier alpha value is -1.01. The number of nitrogens with zero attached hydrogens (tertiary/aromatic N) is 2. The summed E-state index contributed by atoms with van der Waals surface area (Å²) in [4.78, 5) is 6.10. The molecule has 1 aromatic heterocycles. The zero-order valence-corrected chi connectivity index (χ0v) is 12.1. The summed E-state index contributed by atoms with van der Waals surface area (Å²) in [6.07, 6.45) is -2.68. The summed E-state index contributed by atoms with van der Waals surface area (Å²) in [6, 6.07) is 1.53. The Labute approximate surface area is 121 Å². The van der Waals surface area contributed by atoms with Crippen LogP contribution in [0.1, 0.15) is 25.8 Å². The number of halogens is 4. The van der Waals surface area contributed by atoms with Crippen molar-refractivity contribution in [1.82, 2.24) is 9.88 Å². The molecule has 0 aromatic carbocycles. The van der Waals surface area contributed by atoms with Crippen molar-refractivity contribution in [3.63, 3.8) is 0 Å². The molecular formula is C13H17ClF3N3. The number of alkyl halides is 3. The summed E-state index contributed by atoms with van der Waals surface area (Å²) in [5.41, 5.74) is -0.830. The summed E-state index contributed by atoms with van der Waals surface area (Å²) < 4.78 is 37.6. The van der Waals surface area contributed by atoms with Gasteiger partial charge in [0.15, 0.2) is 0 Å². The smallest absolute Gasteiger partial charge is 0.365 e. The number of anilines is 1. The third kappa shape index (κ3) is 3.55. The maximum Gasteiger partial charge on any atom is 0.417 e. The summed E-state index contributed by atoms with van der Waals surface area (Å²) in [5, 5.41) is 3.12. The maximum absolute atomic E-state index is 12.5. The third-order valence-electron chi connectivity index (χ3n) is 3.46. The van der Waals surface area contributed by atoms with Crippen LogP contribution in [0.2, 0.25) is 5.02 Å². The van der Waals surface area contributed by atoms with E-state index < -0.39 is 11.7 Å². The van der Waals surface area contributed by atoms with E-state index in [1.807, 2.05) is 0 Å². The lowest BCUT2D eigenvalue weighted by Gasteiger charge is -2.21. The van der Waals surface area contributed by atoms with Crippen molar-refractivity contribution in [1.29, 1.82) is 0 Å². The minimum Gasteiger partial charge on any atom is -0.365 e. The molecule has 2 rings (SSSR count). The Kier molecular flexibility index (Phi) is 4.44. The molecule has 1 aliphatic heterocycles. The van der Waals surface area contributed by atoms with Gasteiger partial charge in [0.2, 0.25) is 0 Å². The molecule has 1 N–H and O–H groups in total. The van der Waals surface area contributed by atoms with E-state index in [1.165, 1.54) is 0 Å². The Bertz CT molecular complexity index is 476. The van der Waals surface area contributed by atoms with Gasteiger partial charge in [-0.15, -0.1) is 0 Å². The fourth-order valence-corrected chi connectivity index (χ4v) is 2.49. The number of hydrogen-bond acceptors (Lipinski definition) is 3. The number of rotatable bonds is 3. The molecule has 0 saturated carbocycles. The predicted molar refractivity (Wildman–Crippen MR) is 73.0 cm³/mol. The summed E-state index contributed by atoms with van der Waals surface area (Å²) in [7, 11) is 0. The van der Waals surface area contributed by atoms with Crippen molar-refractivity contribution in [3.8, 4) is 0 Å². The van der Waals surface area contributed by atoms with E-state index in [1.54, 1.807) is 0 Å². The molecular weight excluding hydrogens is 291 g/mol. The number of nitrogens with one attached hydrogen (secondary N) is 1. The van der Waals surface area contributed by atoms with Crippen LogP contribution < -0.4 is 5.32 Å². The van der Waals surface area contributed by atoms with Crippen molar-refractivity contribution in [2.24, 2.45) is 0 Å². The van der Waals surface area contributed by atoms with Gasteiger partial charge in [0.25, 0.3) is 0 Å². The largest absolute Gasteiger partial charge is 0.417 e. The van der Waals surface area contributed by atoms with Crippen LogP contribution in [-0.4, -0.2) is 35.1 Å². The molecule has 7 heteroatoms. The molecule has 0 amide bonds. The van der Waals surface area contributed by atoms with Gasteiger partial charge in [-0.05, 0) is 26.3 Å². The Morgan fingerprint density at radius 2 is 2.15 bits per heavy atom. The molecule has 0 bridgehead atoms. The molecule has 1 fully saturated rings. The summed E-state index contributed by atoms with van der Waals surface area (Å²) in [6.45, 7) is 6.04. The minimum absolute atomic E-state index is 0.00261. The van der Waals surface area contributed by atoms with Crippen LogP contribution in [-0.2, 0) is 6.18 Å². The first-order valence-corrected chi connectivity index (χ1v) is 6.88. The fraction of sp³-hybridized carbons (Fsp3) is 0.615. The van der Waals surface area contributed by atoms with Crippen molar-refractivity contribution in [3.05, 3.63) is 22.8 Å². The molecule has 2 heterocycles. The molecule has 0 aliphatic carbocycles. The monoisotopic (exact) mass is 307 g/mol. The van der Waals surface area contributed by atoms with Crippen LogP contribution in [0.3, 0.4) is 0 Å². The number of aromatic nitrogens is 1. The van der Waals surface area contributed by atoms with E-state index >= 15 is 0 Å².